The van der Waals surface area contributed by atoms with E-state index >= 15 is 0 Å². The SMILES string of the molecule is CCCCCOc1cc(C(C(C)(C)C)[PH](O)(O)N(C(C)C)C(C)C)c([N+](=O)[O-])cc1OCCCCC. The number of benzene rings is 1. The third kappa shape index (κ3) is 8.83. The predicted molar refractivity (Wildman–Crippen MR) is 150 cm³/mol. The van der Waals surface area contributed by atoms with Gasteiger partial charge in [0.2, 0.25) is 0 Å². The molecule has 1 rings (SSSR count). The summed E-state index contributed by atoms with van der Waals surface area (Å²) in [5.41, 5.74) is -1.44. The first-order valence-electron chi connectivity index (χ1n) is 13.5. The van der Waals surface area contributed by atoms with Crippen molar-refractivity contribution in [2.75, 3.05) is 13.2 Å². The molecule has 36 heavy (non-hydrogen) atoms. The van der Waals surface area contributed by atoms with E-state index in [4.69, 9.17) is 9.47 Å². The zero-order valence-corrected chi connectivity index (χ0v) is 25.0. The molecule has 0 aliphatic rings. The summed E-state index contributed by atoms with van der Waals surface area (Å²) in [4.78, 5) is 35.5. The fourth-order valence-corrected chi connectivity index (χ4v) is 8.64. The van der Waals surface area contributed by atoms with Crippen molar-refractivity contribution in [2.45, 2.75) is 119 Å². The van der Waals surface area contributed by atoms with Gasteiger partial charge < -0.3 is 0 Å². The zero-order chi connectivity index (χ0) is 27.7. The fraction of sp³-hybridized carbons (Fsp3) is 0.778. The summed E-state index contributed by atoms with van der Waals surface area (Å²) in [7, 11) is -4.23. The molecular weight excluding hydrogens is 479 g/mol. The molecule has 0 saturated carbocycles. The maximum atomic E-state index is 12.3. The van der Waals surface area contributed by atoms with E-state index in [0.29, 0.717) is 24.7 Å². The number of unbranched alkanes of at least 4 members (excludes halogenated alkanes) is 4. The van der Waals surface area contributed by atoms with E-state index in [9.17, 15) is 19.9 Å². The van der Waals surface area contributed by atoms with Crippen molar-refractivity contribution in [3.05, 3.63) is 27.8 Å². The van der Waals surface area contributed by atoms with E-state index in [-0.39, 0.29) is 23.3 Å². The van der Waals surface area contributed by atoms with Crippen molar-refractivity contribution in [1.82, 2.24) is 4.67 Å². The standard InChI is InChI=1S/C27H51N2O6P/c1-10-12-14-16-34-24-18-22(23(29(30)31)19-25(24)35-17-15-13-11-2)26(27(7,8)9)36(32,33)28(20(3)4)21(5)6/h18-21,26,32-33,36H,10-17H2,1-9H3. The second-order valence-electron chi connectivity index (χ2n) is 11.3. The molecule has 1 aromatic carbocycles. The van der Waals surface area contributed by atoms with Crippen molar-refractivity contribution >= 4 is 13.6 Å². The maximum absolute atomic E-state index is 12.3. The third-order valence-corrected chi connectivity index (χ3v) is 10.1. The van der Waals surface area contributed by atoms with Crippen LogP contribution in [0.1, 0.15) is 112 Å². The summed E-state index contributed by atoms with van der Waals surface area (Å²) >= 11 is 0. The molecule has 0 radical (unpaired) electrons. The van der Waals surface area contributed by atoms with Crippen LogP contribution in [0, 0.1) is 15.5 Å². The second-order valence-corrected chi connectivity index (χ2v) is 13.8. The molecule has 0 aliphatic heterocycles. The van der Waals surface area contributed by atoms with E-state index in [1.54, 1.807) is 10.7 Å². The summed E-state index contributed by atoms with van der Waals surface area (Å²) in [6.45, 7) is 18.5. The van der Waals surface area contributed by atoms with Gasteiger partial charge in [-0.3, -0.25) is 0 Å². The van der Waals surface area contributed by atoms with E-state index in [2.05, 4.69) is 13.8 Å². The molecule has 9 heteroatoms. The average Bonchev–Trinajstić information content (AvgIpc) is 2.72. The molecule has 0 fully saturated rings. The van der Waals surface area contributed by atoms with E-state index in [1.807, 2.05) is 48.5 Å². The van der Waals surface area contributed by atoms with Crippen LogP contribution in [0.25, 0.3) is 0 Å². The number of ether oxygens (including phenoxy) is 2. The summed E-state index contributed by atoms with van der Waals surface area (Å²) in [5, 5.41) is 12.3. The van der Waals surface area contributed by atoms with Gasteiger partial charge in [0.25, 0.3) is 0 Å². The van der Waals surface area contributed by atoms with Crippen LogP contribution in [0.15, 0.2) is 12.1 Å². The molecule has 8 nitrogen and oxygen atoms in total. The number of hydrogen-bond donors (Lipinski definition) is 2. The number of rotatable bonds is 16. The Labute approximate surface area is 219 Å². The van der Waals surface area contributed by atoms with E-state index < -0.39 is 23.9 Å². The van der Waals surface area contributed by atoms with Gasteiger partial charge in [0, 0.05) is 0 Å². The minimum atomic E-state index is -4.23. The molecule has 0 saturated heterocycles. The predicted octanol–water partition coefficient (Wildman–Crippen LogP) is 7.42. The Bertz CT molecular complexity index is 815. The molecule has 0 amide bonds. The van der Waals surface area contributed by atoms with Crippen molar-refractivity contribution in [1.29, 1.82) is 0 Å². The van der Waals surface area contributed by atoms with Crippen LogP contribution < -0.4 is 9.47 Å². The van der Waals surface area contributed by atoms with Crippen LogP contribution >= 0.6 is 7.87 Å². The number of nitro groups is 1. The summed E-state index contributed by atoms with van der Waals surface area (Å²) < 4.78 is 13.8. The topological polar surface area (TPSA) is 105 Å². The normalized spacial score (nSPS) is 13.9. The van der Waals surface area contributed by atoms with E-state index in [0.717, 1.165) is 38.5 Å². The van der Waals surface area contributed by atoms with Gasteiger partial charge in [-0.2, -0.15) is 0 Å². The Morgan fingerprint density at radius 2 is 1.36 bits per heavy atom. The van der Waals surface area contributed by atoms with Gasteiger partial charge in [0.15, 0.2) is 0 Å². The molecule has 2 N–H and O–H groups in total. The molecule has 0 aromatic heterocycles. The van der Waals surface area contributed by atoms with Crippen LogP contribution in [0.3, 0.4) is 0 Å². The van der Waals surface area contributed by atoms with Crippen LogP contribution in [0.5, 0.6) is 11.5 Å². The van der Waals surface area contributed by atoms with E-state index in [1.165, 1.54) is 6.07 Å². The minimum absolute atomic E-state index is 0.151. The fourth-order valence-electron chi connectivity index (χ4n) is 5.01. The third-order valence-electron chi connectivity index (χ3n) is 6.36. The Kier molecular flexibility index (Phi) is 13.1. The van der Waals surface area contributed by atoms with Crippen molar-refractivity contribution in [3.63, 3.8) is 0 Å². The van der Waals surface area contributed by atoms with Gasteiger partial charge in [-0.25, -0.2) is 0 Å². The summed E-state index contributed by atoms with van der Waals surface area (Å²) in [6.07, 6.45) is 5.80. The molecule has 0 spiro atoms. The van der Waals surface area contributed by atoms with Crippen molar-refractivity contribution in [2.24, 2.45) is 5.41 Å². The molecule has 0 bridgehead atoms. The summed E-state index contributed by atoms with van der Waals surface area (Å²) in [6, 6.07) is 2.74. The molecule has 1 atom stereocenters. The Morgan fingerprint density at radius 3 is 1.72 bits per heavy atom. The van der Waals surface area contributed by atoms with Crippen LogP contribution in [0.4, 0.5) is 5.69 Å². The zero-order valence-electron chi connectivity index (χ0n) is 24.0. The molecule has 210 valence electrons. The van der Waals surface area contributed by atoms with Crippen molar-refractivity contribution < 1.29 is 24.2 Å². The monoisotopic (exact) mass is 530 g/mol. The first-order valence-corrected chi connectivity index (χ1v) is 15.4. The molecule has 1 aromatic rings. The number of hydrogen-bond acceptors (Lipinski definition) is 7. The molecule has 0 aliphatic carbocycles. The van der Waals surface area contributed by atoms with Gasteiger partial charge in [0.05, 0.1) is 0 Å². The molecule has 0 heterocycles. The Hall–Kier alpha value is -1.47. The first kappa shape index (κ1) is 32.6. The number of nitrogens with zero attached hydrogens (tertiary/aromatic N) is 2. The van der Waals surface area contributed by atoms with Crippen LogP contribution in [-0.4, -0.2) is 44.7 Å². The first-order chi connectivity index (χ1) is 16.7. The Balaban J connectivity index is 3.75. The second kappa shape index (κ2) is 14.5. The van der Waals surface area contributed by atoms with Gasteiger partial charge in [-0.05, 0) is 0 Å². The molecular formula is C27H51N2O6P. The average molecular weight is 531 g/mol. The quantitative estimate of drug-likeness (QED) is 0.0991. The summed E-state index contributed by atoms with van der Waals surface area (Å²) in [5.74, 6) is 0.751. The van der Waals surface area contributed by atoms with Gasteiger partial charge in [-0.1, -0.05) is 0 Å². The number of nitro benzene ring substituents is 1. The molecule has 1 unspecified atom stereocenters. The van der Waals surface area contributed by atoms with Gasteiger partial charge >= 0.3 is 219 Å². The van der Waals surface area contributed by atoms with Crippen molar-refractivity contribution in [3.8, 4) is 11.5 Å². The Morgan fingerprint density at radius 1 is 0.917 bits per heavy atom. The van der Waals surface area contributed by atoms with Gasteiger partial charge in [0.1, 0.15) is 0 Å². The van der Waals surface area contributed by atoms with Crippen LogP contribution in [0.2, 0.25) is 0 Å². The van der Waals surface area contributed by atoms with Gasteiger partial charge in [-0.15, -0.1) is 0 Å². The van der Waals surface area contributed by atoms with Crippen LogP contribution in [-0.2, 0) is 0 Å².